The fourth-order valence-electron chi connectivity index (χ4n) is 2.66. The molecule has 0 aliphatic heterocycles. The van der Waals surface area contributed by atoms with Gasteiger partial charge in [0.05, 0.1) is 11.3 Å². The van der Waals surface area contributed by atoms with Gasteiger partial charge in [-0.1, -0.05) is 44.2 Å². The Morgan fingerprint density at radius 3 is 2.30 bits per heavy atom. The summed E-state index contributed by atoms with van der Waals surface area (Å²) in [7, 11) is 0. The van der Waals surface area contributed by atoms with Crippen molar-refractivity contribution in [3.8, 4) is 16.8 Å². The van der Waals surface area contributed by atoms with E-state index in [9.17, 15) is 14.0 Å². The smallest absolute Gasteiger partial charge is 0.228 e. The third-order valence-electron chi connectivity index (χ3n) is 4.15. The third kappa shape index (κ3) is 3.79. The van der Waals surface area contributed by atoms with E-state index in [0.717, 1.165) is 0 Å². The Morgan fingerprint density at radius 2 is 1.70 bits per heavy atom. The highest BCUT2D eigenvalue weighted by Gasteiger charge is 2.21. The summed E-state index contributed by atoms with van der Waals surface area (Å²) >= 11 is 0. The Hall–Kier alpha value is -3.28. The van der Waals surface area contributed by atoms with Crippen LogP contribution in [0.25, 0.3) is 16.8 Å². The van der Waals surface area contributed by atoms with Crippen LogP contribution in [0.15, 0.2) is 59.4 Å². The summed E-state index contributed by atoms with van der Waals surface area (Å²) in [5.74, 6) is -0.644. The Balaban J connectivity index is 2.32. The van der Waals surface area contributed by atoms with Gasteiger partial charge in [-0.2, -0.15) is 5.10 Å². The van der Waals surface area contributed by atoms with Crippen LogP contribution in [0.2, 0.25) is 0 Å². The number of nitrogens with one attached hydrogen (secondary N) is 1. The van der Waals surface area contributed by atoms with Crippen molar-refractivity contribution in [2.24, 2.45) is 5.92 Å². The molecule has 0 aliphatic rings. The van der Waals surface area contributed by atoms with E-state index in [0.29, 0.717) is 16.8 Å². The fraction of sp³-hybridized carbons (Fsp3) is 0.190. The maximum atomic E-state index is 13.4. The molecule has 27 heavy (non-hydrogen) atoms. The highest BCUT2D eigenvalue weighted by Crippen LogP contribution is 2.27. The first-order valence-corrected chi connectivity index (χ1v) is 8.64. The Bertz CT molecular complexity index is 1030. The van der Waals surface area contributed by atoms with Crippen molar-refractivity contribution in [3.63, 3.8) is 0 Å². The van der Waals surface area contributed by atoms with Crippen LogP contribution < -0.4 is 10.7 Å². The maximum Gasteiger partial charge on any atom is 0.228 e. The average Bonchev–Trinajstić information content (AvgIpc) is 2.66. The molecule has 0 saturated heterocycles. The number of amides is 1. The number of aromatic nitrogens is 2. The SMILES string of the molecule is Cc1nn(-c2ccc(F)cc2)c(NC(=O)C(C)C)c(-c2ccccc2)c1=O. The predicted octanol–water partition coefficient (Wildman–Crippen LogP) is 3.94. The third-order valence-corrected chi connectivity index (χ3v) is 4.15. The molecule has 0 fully saturated rings. The Labute approximate surface area is 156 Å². The van der Waals surface area contributed by atoms with Crippen molar-refractivity contribution in [1.82, 2.24) is 9.78 Å². The normalized spacial score (nSPS) is 10.9. The van der Waals surface area contributed by atoms with E-state index >= 15 is 0 Å². The summed E-state index contributed by atoms with van der Waals surface area (Å²) in [6.07, 6.45) is 0. The summed E-state index contributed by atoms with van der Waals surface area (Å²) in [5.41, 5.74) is 1.57. The van der Waals surface area contributed by atoms with Gasteiger partial charge < -0.3 is 5.32 Å². The first-order valence-electron chi connectivity index (χ1n) is 8.64. The van der Waals surface area contributed by atoms with E-state index in [1.54, 1.807) is 45.0 Å². The molecule has 0 bridgehead atoms. The molecule has 0 radical (unpaired) electrons. The molecule has 1 heterocycles. The summed E-state index contributed by atoms with van der Waals surface area (Å²) < 4.78 is 14.8. The summed E-state index contributed by atoms with van der Waals surface area (Å²) in [6, 6.07) is 14.8. The van der Waals surface area contributed by atoms with Gasteiger partial charge in [0, 0.05) is 5.92 Å². The second kappa shape index (κ2) is 7.53. The van der Waals surface area contributed by atoms with Crippen LogP contribution in [0.5, 0.6) is 0 Å². The van der Waals surface area contributed by atoms with Gasteiger partial charge in [0.1, 0.15) is 17.3 Å². The molecule has 3 aromatic rings. The van der Waals surface area contributed by atoms with E-state index in [1.165, 1.54) is 16.8 Å². The highest BCUT2D eigenvalue weighted by atomic mass is 19.1. The van der Waals surface area contributed by atoms with Crippen molar-refractivity contribution in [1.29, 1.82) is 0 Å². The van der Waals surface area contributed by atoms with Crippen molar-refractivity contribution in [2.45, 2.75) is 20.8 Å². The number of hydrogen-bond acceptors (Lipinski definition) is 3. The van der Waals surface area contributed by atoms with Gasteiger partial charge in [-0.25, -0.2) is 9.07 Å². The lowest BCUT2D eigenvalue weighted by atomic mass is 10.0. The molecule has 0 aliphatic carbocycles. The van der Waals surface area contributed by atoms with Gasteiger partial charge in [-0.3, -0.25) is 9.59 Å². The van der Waals surface area contributed by atoms with Crippen LogP contribution in [-0.4, -0.2) is 15.7 Å². The van der Waals surface area contributed by atoms with E-state index < -0.39 is 0 Å². The molecule has 1 aromatic heterocycles. The summed E-state index contributed by atoms with van der Waals surface area (Å²) in [4.78, 5) is 25.3. The number of benzene rings is 2. The molecule has 138 valence electrons. The minimum atomic E-state index is -0.382. The van der Waals surface area contributed by atoms with Gasteiger partial charge in [-0.15, -0.1) is 0 Å². The van der Waals surface area contributed by atoms with E-state index in [2.05, 4.69) is 10.4 Å². The highest BCUT2D eigenvalue weighted by molar-refractivity contribution is 5.95. The van der Waals surface area contributed by atoms with E-state index in [-0.39, 0.29) is 34.6 Å². The molecule has 3 rings (SSSR count). The second-order valence-corrected chi connectivity index (χ2v) is 6.54. The number of carbonyl (C=O) groups excluding carboxylic acids is 1. The number of aryl methyl sites for hydroxylation is 1. The molecule has 0 atom stereocenters. The van der Waals surface area contributed by atoms with Gasteiger partial charge >= 0.3 is 0 Å². The summed E-state index contributed by atoms with van der Waals surface area (Å²) in [6.45, 7) is 5.14. The number of carbonyl (C=O) groups is 1. The van der Waals surface area contributed by atoms with Crippen LogP contribution in [0.4, 0.5) is 10.2 Å². The van der Waals surface area contributed by atoms with Crippen LogP contribution in [-0.2, 0) is 4.79 Å². The predicted molar refractivity (Wildman–Crippen MR) is 103 cm³/mol. The van der Waals surface area contributed by atoms with Crippen LogP contribution in [0.3, 0.4) is 0 Å². The number of nitrogens with zero attached hydrogens (tertiary/aromatic N) is 2. The Morgan fingerprint density at radius 1 is 1.07 bits per heavy atom. The molecular formula is C21H20FN3O2. The lowest BCUT2D eigenvalue weighted by Gasteiger charge is -2.19. The largest absolute Gasteiger partial charge is 0.310 e. The lowest BCUT2D eigenvalue weighted by Crippen LogP contribution is -2.26. The van der Waals surface area contributed by atoms with Gasteiger partial charge in [0.15, 0.2) is 0 Å². The monoisotopic (exact) mass is 365 g/mol. The number of halogens is 1. The van der Waals surface area contributed by atoms with Crippen molar-refractivity contribution < 1.29 is 9.18 Å². The van der Waals surface area contributed by atoms with Crippen LogP contribution >= 0.6 is 0 Å². The molecular weight excluding hydrogens is 345 g/mol. The first kappa shape index (κ1) is 18.5. The van der Waals surface area contributed by atoms with Crippen molar-refractivity contribution >= 4 is 11.7 Å². The molecule has 5 nitrogen and oxygen atoms in total. The van der Waals surface area contributed by atoms with Crippen molar-refractivity contribution in [2.75, 3.05) is 5.32 Å². The lowest BCUT2D eigenvalue weighted by molar-refractivity contribution is -0.118. The van der Waals surface area contributed by atoms with Crippen molar-refractivity contribution in [3.05, 3.63) is 76.3 Å². The Kier molecular flexibility index (Phi) is 5.16. The molecule has 1 N–H and O–H groups in total. The molecule has 1 amide bonds. The summed E-state index contributed by atoms with van der Waals surface area (Å²) in [5, 5.41) is 7.16. The molecule has 0 saturated carbocycles. The average molecular weight is 365 g/mol. The van der Waals surface area contributed by atoms with Crippen LogP contribution in [0.1, 0.15) is 19.5 Å². The maximum absolute atomic E-state index is 13.4. The minimum absolute atomic E-state index is 0.243. The first-order chi connectivity index (χ1) is 12.9. The zero-order valence-electron chi connectivity index (χ0n) is 15.4. The second-order valence-electron chi connectivity index (χ2n) is 6.54. The van der Waals surface area contributed by atoms with Gasteiger partial charge in [0.2, 0.25) is 11.3 Å². The molecule has 0 unspecified atom stereocenters. The van der Waals surface area contributed by atoms with Gasteiger partial charge in [-0.05, 0) is 36.8 Å². The fourth-order valence-corrected chi connectivity index (χ4v) is 2.66. The van der Waals surface area contributed by atoms with Gasteiger partial charge in [0.25, 0.3) is 0 Å². The van der Waals surface area contributed by atoms with Crippen LogP contribution in [0, 0.1) is 18.7 Å². The number of hydrogen-bond donors (Lipinski definition) is 1. The zero-order valence-corrected chi connectivity index (χ0v) is 15.4. The zero-order chi connectivity index (χ0) is 19.6. The standard InChI is InChI=1S/C21H20FN3O2/c1-13(2)21(27)23-20-18(15-7-5-4-6-8-15)19(26)14(3)24-25(20)17-11-9-16(22)10-12-17/h4-13H,1-3H3,(H,23,27). The molecule has 2 aromatic carbocycles. The number of rotatable bonds is 4. The number of anilines is 1. The molecule has 6 heteroatoms. The quantitative estimate of drug-likeness (QED) is 0.762. The van der Waals surface area contributed by atoms with E-state index in [4.69, 9.17) is 0 Å². The minimum Gasteiger partial charge on any atom is -0.310 e. The molecule has 0 spiro atoms. The van der Waals surface area contributed by atoms with E-state index in [1.807, 2.05) is 18.2 Å². The topological polar surface area (TPSA) is 64.0 Å².